The molecular weight excluding hydrogens is 244 g/mol. The number of benzene rings is 1. The Kier molecular flexibility index (Phi) is 3.31. The summed E-state index contributed by atoms with van der Waals surface area (Å²) < 4.78 is 0. The first-order chi connectivity index (χ1) is 8.77. The molecule has 1 unspecified atom stereocenters. The van der Waals surface area contributed by atoms with Crippen LogP contribution in [0.3, 0.4) is 0 Å². The van der Waals surface area contributed by atoms with Crippen LogP contribution >= 0.6 is 11.6 Å². The van der Waals surface area contributed by atoms with Crippen molar-refractivity contribution in [2.45, 2.75) is 38.1 Å². The smallest absolute Gasteiger partial charge is 0.0647 e. The van der Waals surface area contributed by atoms with E-state index in [4.69, 9.17) is 17.3 Å². The second-order valence-corrected chi connectivity index (χ2v) is 5.74. The van der Waals surface area contributed by atoms with Crippen molar-refractivity contribution in [3.63, 3.8) is 0 Å². The van der Waals surface area contributed by atoms with Gasteiger partial charge in [0.05, 0.1) is 10.5 Å². The number of aromatic amines is 1. The highest BCUT2D eigenvalue weighted by Gasteiger charge is 2.24. The molecule has 0 radical (unpaired) electrons. The van der Waals surface area contributed by atoms with Crippen LogP contribution in [0.25, 0.3) is 10.9 Å². The Labute approximate surface area is 113 Å². The molecule has 3 rings (SSSR count). The highest BCUT2D eigenvalue weighted by atomic mass is 35.5. The van der Waals surface area contributed by atoms with Gasteiger partial charge in [0.25, 0.3) is 0 Å². The Morgan fingerprint density at radius 3 is 2.78 bits per heavy atom. The summed E-state index contributed by atoms with van der Waals surface area (Å²) in [4.78, 5) is 3.26. The van der Waals surface area contributed by atoms with Crippen LogP contribution in [0, 0.1) is 5.92 Å². The highest BCUT2D eigenvalue weighted by molar-refractivity contribution is 6.35. The molecular formula is C15H19ClN2. The standard InChI is InChI=1S/C15H19ClN2/c16-13-8-4-7-11-12(9-18-15(11)13)14(17)10-5-2-1-3-6-10/h4,7-10,14,18H,1-3,5-6,17H2. The van der Waals surface area contributed by atoms with Gasteiger partial charge in [-0.1, -0.05) is 43.0 Å². The fourth-order valence-electron chi connectivity index (χ4n) is 3.16. The predicted molar refractivity (Wildman–Crippen MR) is 76.8 cm³/mol. The Hall–Kier alpha value is -0.990. The lowest BCUT2D eigenvalue weighted by atomic mass is 9.81. The van der Waals surface area contributed by atoms with Crippen molar-refractivity contribution in [2.75, 3.05) is 0 Å². The van der Waals surface area contributed by atoms with Crippen molar-refractivity contribution in [1.29, 1.82) is 0 Å². The molecule has 0 bridgehead atoms. The molecule has 96 valence electrons. The second-order valence-electron chi connectivity index (χ2n) is 5.33. The fraction of sp³-hybridized carbons (Fsp3) is 0.467. The number of fused-ring (bicyclic) bond motifs is 1. The van der Waals surface area contributed by atoms with Crippen LogP contribution < -0.4 is 5.73 Å². The second kappa shape index (κ2) is 4.94. The zero-order valence-electron chi connectivity index (χ0n) is 10.5. The molecule has 0 aliphatic heterocycles. The maximum absolute atomic E-state index is 6.47. The highest BCUT2D eigenvalue weighted by Crippen LogP contribution is 2.36. The Bertz CT molecular complexity index is 540. The molecule has 3 N–H and O–H groups in total. The summed E-state index contributed by atoms with van der Waals surface area (Å²) in [6.07, 6.45) is 8.56. The van der Waals surface area contributed by atoms with Gasteiger partial charge in [0.1, 0.15) is 0 Å². The van der Waals surface area contributed by atoms with Crippen molar-refractivity contribution >= 4 is 22.5 Å². The van der Waals surface area contributed by atoms with E-state index in [0.29, 0.717) is 5.92 Å². The van der Waals surface area contributed by atoms with Gasteiger partial charge in [-0.25, -0.2) is 0 Å². The largest absolute Gasteiger partial charge is 0.360 e. The van der Waals surface area contributed by atoms with Crippen molar-refractivity contribution in [3.8, 4) is 0 Å². The average Bonchev–Trinajstić information content (AvgIpc) is 2.84. The van der Waals surface area contributed by atoms with E-state index in [1.807, 2.05) is 18.3 Å². The first-order valence-corrected chi connectivity index (χ1v) is 7.16. The number of rotatable bonds is 2. The molecule has 1 aromatic carbocycles. The molecule has 0 saturated heterocycles. The predicted octanol–water partition coefficient (Wildman–Crippen LogP) is 4.40. The van der Waals surface area contributed by atoms with Gasteiger partial charge in [-0.2, -0.15) is 0 Å². The number of aromatic nitrogens is 1. The topological polar surface area (TPSA) is 41.8 Å². The number of H-pyrrole nitrogens is 1. The lowest BCUT2D eigenvalue weighted by molar-refractivity contribution is 0.309. The van der Waals surface area contributed by atoms with E-state index >= 15 is 0 Å². The molecule has 2 aromatic rings. The summed E-state index contributed by atoms with van der Waals surface area (Å²) in [5.41, 5.74) is 8.70. The van der Waals surface area contributed by atoms with Gasteiger partial charge < -0.3 is 10.7 Å². The van der Waals surface area contributed by atoms with Gasteiger partial charge in [-0.05, 0) is 30.4 Å². The van der Waals surface area contributed by atoms with Crippen LogP contribution in [0.15, 0.2) is 24.4 Å². The summed E-state index contributed by atoms with van der Waals surface area (Å²) in [6.45, 7) is 0. The Morgan fingerprint density at radius 2 is 2.00 bits per heavy atom. The van der Waals surface area contributed by atoms with Gasteiger partial charge in [0.15, 0.2) is 0 Å². The minimum absolute atomic E-state index is 0.137. The van der Waals surface area contributed by atoms with Gasteiger partial charge in [-0.3, -0.25) is 0 Å². The third-order valence-electron chi connectivity index (χ3n) is 4.21. The molecule has 1 aliphatic carbocycles. The van der Waals surface area contributed by atoms with E-state index in [1.165, 1.54) is 43.1 Å². The number of nitrogens with one attached hydrogen (secondary N) is 1. The van der Waals surface area contributed by atoms with E-state index in [1.54, 1.807) is 0 Å². The van der Waals surface area contributed by atoms with E-state index in [2.05, 4.69) is 11.1 Å². The third kappa shape index (κ3) is 2.04. The van der Waals surface area contributed by atoms with E-state index in [9.17, 15) is 0 Å². The zero-order valence-corrected chi connectivity index (χ0v) is 11.2. The van der Waals surface area contributed by atoms with Crippen molar-refractivity contribution in [1.82, 2.24) is 4.98 Å². The Morgan fingerprint density at radius 1 is 1.22 bits per heavy atom. The van der Waals surface area contributed by atoms with Crippen LogP contribution in [-0.2, 0) is 0 Å². The molecule has 1 aromatic heterocycles. The maximum atomic E-state index is 6.47. The summed E-state index contributed by atoms with van der Waals surface area (Å²) in [5.74, 6) is 0.622. The van der Waals surface area contributed by atoms with Crippen LogP contribution in [0.5, 0.6) is 0 Å². The first kappa shape index (κ1) is 12.1. The van der Waals surface area contributed by atoms with Crippen LogP contribution in [0.1, 0.15) is 43.7 Å². The summed E-state index contributed by atoms with van der Waals surface area (Å²) >= 11 is 6.19. The number of para-hydroxylation sites is 1. The number of hydrogen-bond acceptors (Lipinski definition) is 1. The molecule has 2 nitrogen and oxygen atoms in total. The van der Waals surface area contributed by atoms with Gasteiger partial charge in [0.2, 0.25) is 0 Å². The minimum Gasteiger partial charge on any atom is -0.360 e. The number of hydrogen-bond donors (Lipinski definition) is 2. The third-order valence-corrected chi connectivity index (χ3v) is 4.53. The Balaban J connectivity index is 1.96. The molecule has 1 aliphatic rings. The lowest BCUT2D eigenvalue weighted by Gasteiger charge is -2.27. The molecule has 18 heavy (non-hydrogen) atoms. The molecule has 1 fully saturated rings. The summed E-state index contributed by atoms with van der Waals surface area (Å²) in [5, 5.41) is 1.95. The number of nitrogens with two attached hydrogens (primary N) is 1. The molecule has 3 heteroatoms. The molecule has 0 amide bonds. The summed E-state index contributed by atoms with van der Waals surface area (Å²) in [7, 11) is 0. The molecule has 1 atom stereocenters. The monoisotopic (exact) mass is 262 g/mol. The SMILES string of the molecule is NC(c1c[nH]c2c(Cl)cccc12)C1CCCCC1. The van der Waals surface area contributed by atoms with Crippen LogP contribution in [-0.4, -0.2) is 4.98 Å². The summed E-state index contributed by atoms with van der Waals surface area (Å²) in [6, 6.07) is 6.15. The normalized spacial score (nSPS) is 19.2. The van der Waals surface area contributed by atoms with E-state index in [-0.39, 0.29) is 6.04 Å². The van der Waals surface area contributed by atoms with Crippen molar-refractivity contribution < 1.29 is 0 Å². The van der Waals surface area contributed by atoms with Gasteiger partial charge in [-0.15, -0.1) is 0 Å². The maximum Gasteiger partial charge on any atom is 0.0647 e. The van der Waals surface area contributed by atoms with E-state index < -0.39 is 0 Å². The molecule has 1 heterocycles. The molecule has 0 spiro atoms. The first-order valence-electron chi connectivity index (χ1n) is 6.78. The lowest BCUT2D eigenvalue weighted by Crippen LogP contribution is -2.23. The van der Waals surface area contributed by atoms with Crippen molar-refractivity contribution in [2.24, 2.45) is 11.7 Å². The van der Waals surface area contributed by atoms with Crippen LogP contribution in [0.4, 0.5) is 0 Å². The van der Waals surface area contributed by atoms with Gasteiger partial charge >= 0.3 is 0 Å². The van der Waals surface area contributed by atoms with Crippen LogP contribution in [0.2, 0.25) is 5.02 Å². The zero-order chi connectivity index (χ0) is 12.5. The number of halogens is 1. The average molecular weight is 263 g/mol. The quantitative estimate of drug-likeness (QED) is 0.827. The van der Waals surface area contributed by atoms with E-state index in [0.717, 1.165) is 10.5 Å². The minimum atomic E-state index is 0.137. The van der Waals surface area contributed by atoms with Gasteiger partial charge in [0, 0.05) is 17.6 Å². The fourth-order valence-corrected chi connectivity index (χ4v) is 3.39. The molecule has 1 saturated carbocycles. The van der Waals surface area contributed by atoms with Crippen molar-refractivity contribution in [3.05, 3.63) is 35.0 Å².